The van der Waals surface area contributed by atoms with Crippen LogP contribution in [0.1, 0.15) is 18.9 Å². The van der Waals surface area contributed by atoms with Crippen molar-refractivity contribution >= 4 is 29.5 Å². The van der Waals surface area contributed by atoms with Crippen molar-refractivity contribution in [1.29, 1.82) is 0 Å². The molecule has 166 valence electrons. The number of pyridine rings is 1. The summed E-state index contributed by atoms with van der Waals surface area (Å²) in [6, 6.07) is 5.49. The van der Waals surface area contributed by atoms with E-state index in [4.69, 9.17) is 25.8 Å². The zero-order valence-electron chi connectivity index (χ0n) is 17.6. The first-order valence-corrected chi connectivity index (χ1v) is 10.7. The Kier molecular flexibility index (Phi) is 8.41. The third-order valence-corrected chi connectivity index (χ3v) is 5.46. The van der Waals surface area contributed by atoms with Crippen LogP contribution < -0.4 is 9.46 Å². The van der Waals surface area contributed by atoms with Crippen LogP contribution in [0.4, 0.5) is 5.95 Å². The smallest absolute Gasteiger partial charge is 0.235 e. The predicted octanol–water partition coefficient (Wildman–Crippen LogP) is 3.27. The normalized spacial score (nSPS) is 13.1. The highest BCUT2D eigenvalue weighted by Gasteiger charge is 2.24. The molecule has 2 unspecified atom stereocenters. The number of aromatic nitrogens is 6. The lowest BCUT2D eigenvalue weighted by Crippen LogP contribution is -2.19. The third-order valence-electron chi connectivity index (χ3n) is 4.34. The molecule has 12 heteroatoms. The highest BCUT2D eigenvalue weighted by atomic mass is 35.5. The van der Waals surface area contributed by atoms with Gasteiger partial charge in [0.2, 0.25) is 11.8 Å². The molecule has 2 atom stereocenters. The second-order valence-electron chi connectivity index (χ2n) is 6.40. The summed E-state index contributed by atoms with van der Waals surface area (Å²) < 4.78 is 21.3. The lowest BCUT2D eigenvalue weighted by atomic mass is 10.2. The monoisotopic (exact) mass is 465 g/mol. The highest BCUT2D eigenvalue weighted by molar-refractivity contribution is 8.01. The van der Waals surface area contributed by atoms with Gasteiger partial charge in [0.15, 0.2) is 11.6 Å². The Balaban J connectivity index is 1.78. The first-order valence-electron chi connectivity index (χ1n) is 9.42. The Labute approximate surface area is 189 Å². The molecular weight excluding hydrogens is 442 g/mol. The van der Waals surface area contributed by atoms with Gasteiger partial charge in [0.1, 0.15) is 11.8 Å². The van der Waals surface area contributed by atoms with E-state index in [2.05, 4.69) is 29.9 Å². The molecule has 0 aliphatic carbocycles. The molecule has 1 N–H and O–H groups in total. The molecule has 0 aliphatic rings. The Bertz CT molecular complexity index is 973. The molecule has 0 bridgehead atoms. The van der Waals surface area contributed by atoms with Crippen LogP contribution in [-0.4, -0.2) is 62.9 Å². The van der Waals surface area contributed by atoms with Crippen molar-refractivity contribution in [3.8, 4) is 17.4 Å². The Hall–Kier alpha value is -2.47. The van der Waals surface area contributed by atoms with Crippen LogP contribution in [0.5, 0.6) is 5.88 Å². The van der Waals surface area contributed by atoms with Gasteiger partial charge in [0.25, 0.3) is 0 Å². The molecule has 10 nitrogen and oxygen atoms in total. The van der Waals surface area contributed by atoms with Crippen LogP contribution in [0.25, 0.3) is 11.5 Å². The van der Waals surface area contributed by atoms with Gasteiger partial charge >= 0.3 is 0 Å². The standard InChI is InChI=1S/C19H24ClN7O3S/c1-12(16(30-4)17-21-10-13(20)11-22-17)31-26-19-25-24-18(27(19)8-9-28-2)14-6-5-7-15(23-14)29-3/h5-7,10-12,16H,8-9H2,1-4H3,(H,25,26). The van der Waals surface area contributed by atoms with Crippen molar-refractivity contribution in [2.45, 2.75) is 24.8 Å². The lowest BCUT2D eigenvalue weighted by Gasteiger charge is -2.21. The van der Waals surface area contributed by atoms with Gasteiger partial charge in [-0.25, -0.2) is 15.0 Å². The molecule has 0 amide bonds. The number of methoxy groups -OCH3 is 3. The fourth-order valence-corrected chi connectivity index (χ4v) is 3.70. The van der Waals surface area contributed by atoms with Gasteiger partial charge in [-0.1, -0.05) is 17.7 Å². The quantitative estimate of drug-likeness (QED) is 0.423. The number of anilines is 1. The van der Waals surface area contributed by atoms with Gasteiger partial charge < -0.3 is 14.2 Å². The van der Waals surface area contributed by atoms with Crippen molar-refractivity contribution in [2.24, 2.45) is 0 Å². The summed E-state index contributed by atoms with van der Waals surface area (Å²) in [5.74, 6) is 2.23. The number of ether oxygens (including phenoxy) is 3. The highest BCUT2D eigenvalue weighted by Crippen LogP contribution is 2.29. The number of hydrogen-bond donors (Lipinski definition) is 1. The van der Waals surface area contributed by atoms with Crippen molar-refractivity contribution in [1.82, 2.24) is 29.7 Å². The van der Waals surface area contributed by atoms with Crippen molar-refractivity contribution < 1.29 is 14.2 Å². The molecule has 0 saturated carbocycles. The van der Waals surface area contributed by atoms with E-state index in [9.17, 15) is 0 Å². The molecule has 0 aliphatic heterocycles. The van der Waals surface area contributed by atoms with E-state index in [1.807, 2.05) is 23.6 Å². The van der Waals surface area contributed by atoms with E-state index >= 15 is 0 Å². The maximum atomic E-state index is 5.89. The average molecular weight is 466 g/mol. The zero-order chi connectivity index (χ0) is 22.2. The van der Waals surface area contributed by atoms with E-state index in [0.717, 1.165) is 0 Å². The summed E-state index contributed by atoms with van der Waals surface area (Å²) in [4.78, 5) is 13.0. The molecule has 0 spiro atoms. The van der Waals surface area contributed by atoms with Crippen LogP contribution in [0.3, 0.4) is 0 Å². The summed E-state index contributed by atoms with van der Waals surface area (Å²) in [7, 11) is 4.84. The fourth-order valence-electron chi connectivity index (χ4n) is 2.80. The average Bonchev–Trinajstić information content (AvgIpc) is 3.20. The second-order valence-corrected chi connectivity index (χ2v) is 8.02. The Morgan fingerprint density at radius 1 is 1.16 bits per heavy atom. The Morgan fingerprint density at radius 2 is 1.94 bits per heavy atom. The van der Waals surface area contributed by atoms with Gasteiger partial charge in [0.05, 0.1) is 30.5 Å². The maximum absolute atomic E-state index is 5.89. The largest absolute Gasteiger partial charge is 0.481 e. The van der Waals surface area contributed by atoms with E-state index in [0.29, 0.717) is 47.3 Å². The van der Waals surface area contributed by atoms with Crippen LogP contribution >= 0.6 is 23.5 Å². The van der Waals surface area contributed by atoms with Crippen LogP contribution in [0.15, 0.2) is 30.6 Å². The number of rotatable bonds is 11. The van der Waals surface area contributed by atoms with Gasteiger partial charge in [-0.05, 0) is 24.9 Å². The van der Waals surface area contributed by atoms with E-state index in [-0.39, 0.29) is 11.4 Å². The van der Waals surface area contributed by atoms with Crippen molar-refractivity contribution in [3.63, 3.8) is 0 Å². The summed E-state index contributed by atoms with van der Waals surface area (Å²) in [6.45, 7) is 3.04. The first-order chi connectivity index (χ1) is 15.1. The molecule has 0 fully saturated rings. The van der Waals surface area contributed by atoms with E-state index in [1.54, 1.807) is 39.8 Å². The summed E-state index contributed by atoms with van der Waals surface area (Å²) in [6.07, 6.45) is 2.76. The van der Waals surface area contributed by atoms with Crippen molar-refractivity contribution in [3.05, 3.63) is 41.4 Å². The summed E-state index contributed by atoms with van der Waals surface area (Å²) >= 11 is 7.31. The molecule has 0 radical (unpaired) electrons. The predicted molar refractivity (Wildman–Crippen MR) is 119 cm³/mol. The molecular formula is C19H24ClN7O3S. The summed E-state index contributed by atoms with van der Waals surface area (Å²) in [5, 5.41) is 9.05. The third kappa shape index (κ3) is 5.82. The first kappa shape index (κ1) is 23.2. The van der Waals surface area contributed by atoms with Crippen LogP contribution in [-0.2, 0) is 16.0 Å². The minimum Gasteiger partial charge on any atom is -0.481 e. The molecule has 31 heavy (non-hydrogen) atoms. The minimum absolute atomic E-state index is 0.0443. The maximum Gasteiger partial charge on any atom is 0.235 e. The zero-order valence-corrected chi connectivity index (χ0v) is 19.2. The minimum atomic E-state index is -0.343. The van der Waals surface area contributed by atoms with Gasteiger partial charge in [-0.3, -0.25) is 9.29 Å². The SMILES string of the molecule is COCCn1c(NSC(C)C(OC)c2ncc(Cl)cn2)nnc1-c1cccc(OC)n1. The molecule has 3 rings (SSSR count). The number of nitrogens with one attached hydrogen (secondary N) is 1. The molecule has 0 aromatic carbocycles. The van der Waals surface area contributed by atoms with Gasteiger partial charge in [-0.15, -0.1) is 10.2 Å². The molecule has 3 aromatic rings. The van der Waals surface area contributed by atoms with Gasteiger partial charge in [-0.2, -0.15) is 0 Å². The lowest BCUT2D eigenvalue weighted by molar-refractivity contribution is 0.0972. The molecule has 3 aromatic heterocycles. The van der Waals surface area contributed by atoms with Gasteiger partial charge in [0, 0.05) is 32.7 Å². The number of hydrogen-bond acceptors (Lipinski definition) is 10. The summed E-state index contributed by atoms with van der Waals surface area (Å²) in [5.41, 5.74) is 0.651. The molecule has 3 heterocycles. The van der Waals surface area contributed by atoms with E-state index < -0.39 is 0 Å². The van der Waals surface area contributed by atoms with Crippen molar-refractivity contribution in [2.75, 3.05) is 32.7 Å². The fraction of sp³-hybridized carbons (Fsp3) is 0.421. The Morgan fingerprint density at radius 3 is 2.61 bits per heavy atom. The van der Waals surface area contributed by atoms with E-state index in [1.165, 1.54) is 11.9 Å². The molecule has 0 saturated heterocycles. The second kappa shape index (κ2) is 11.2. The number of halogens is 1. The topological polar surface area (TPSA) is 109 Å². The van der Waals surface area contributed by atoms with Crippen LogP contribution in [0.2, 0.25) is 5.02 Å². The number of nitrogens with zero attached hydrogens (tertiary/aromatic N) is 6. The van der Waals surface area contributed by atoms with Crippen LogP contribution in [0, 0.1) is 0 Å².